The Morgan fingerprint density at radius 1 is 0.806 bits per heavy atom. The third kappa shape index (κ3) is 9.21. The molecule has 36 heavy (non-hydrogen) atoms. The minimum absolute atomic E-state index is 0.312. The summed E-state index contributed by atoms with van der Waals surface area (Å²) >= 11 is 0. The predicted octanol–water partition coefficient (Wildman–Crippen LogP) is 6.01. The van der Waals surface area contributed by atoms with Crippen molar-refractivity contribution in [2.45, 2.75) is 45.4 Å². The van der Waals surface area contributed by atoms with E-state index in [1.165, 1.54) is 0 Å². The number of ether oxygens (including phenoxy) is 5. The zero-order valence-electron chi connectivity index (χ0n) is 21.9. The lowest BCUT2D eigenvalue weighted by molar-refractivity contribution is -0.139. The number of methoxy groups -OCH3 is 3. The molecule has 0 saturated carbocycles. The first-order valence-corrected chi connectivity index (χ1v) is 12.2. The van der Waals surface area contributed by atoms with Crippen molar-refractivity contribution in [1.29, 1.82) is 0 Å². The van der Waals surface area contributed by atoms with Gasteiger partial charge < -0.3 is 29.4 Å². The minimum atomic E-state index is -0.312. The van der Waals surface area contributed by atoms with E-state index in [-0.39, 0.29) is 5.97 Å². The number of unbranched alkanes of at least 4 members (excludes halogenated alkanes) is 5. The molecule has 0 spiro atoms. The molecule has 0 aliphatic heterocycles. The van der Waals surface area contributed by atoms with Crippen LogP contribution in [0.2, 0.25) is 0 Å². The third-order valence-corrected chi connectivity index (χ3v) is 5.60. The Bertz CT molecular complexity index is 1030. The van der Waals surface area contributed by atoms with E-state index in [1.807, 2.05) is 42.5 Å². The molecule has 2 N–H and O–H groups in total. The van der Waals surface area contributed by atoms with E-state index in [1.54, 1.807) is 28.3 Å². The van der Waals surface area contributed by atoms with Crippen LogP contribution in [-0.2, 0) is 9.53 Å². The van der Waals surface area contributed by atoms with Crippen LogP contribution < -0.4 is 24.7 Å². The molecule has 7 nitrogen and oxygen atoms in total. The van der Waals surface area contributed by atoms with E-state index in [0.29, 0.717) is 47.5 Å². The molecule has 0 aliphatic rings. The third-order valence-electron chi connectivity index (χ3n) is 5.60. The number of rotatable bonds is 16. The van der Waals surface area contributed by atoms with E-state index in [2.05, 4.69) is 6.58 Å². The van der Waals surface area contributed by atoms with Gasteiger partial charge in [0, 0.05) is 16.8 Å². The zero-order chi connectivity index (χ0) is 26.3. The molecule has 0 atom stereocenters. The molecule has 0 bridgehead atoms. The highest BCUT2D eigenvalue weighted by molar-refractivity contribution is 5.86. The Balaban J connectivity index is 1.79. The second-order valence-electron chi connectivity index (χ2n) is 8.47. The summed E-state index contributed by atoms with van der Waals surface area (Å²) in [7, 11) is 4.82. The van der Waals surface area contributed by atoms with Gasteiger partial charge in [-0.15, -0.1) is 0 Å². The standard InChI is InChI=1S/C29H39NO6/c1-21(2)29(31)36-17-11-9-7-6-8-10-16-35-26-14-12-22(19-27(26)33-4)18-24(30)23-13-15-25(32-3)28(20-23)34-5/h12-15,18-20H,1,6-11,16-17,30H2,2-5H3/b24-18-. The summed E-state index contributed by atoms with van der Waals surface area (Å²) in [4.78, 5) is 11.3. The molecular weight excluding hydrogens is 458 g/mol. The van der Waals surface area contributed by atoms with Gasteiger partial charge in [0.1, 0.15) is 0 Å². The molecule has 2 rings (SSSR count). The normalized spacial score (nSPS) is 11.1. The summed E-state index contributed by atoms with van der Waals surface area (Å²) in [6, 6.07) is 11.3. The zero-order valence-corrected chi connectivity index (χ0v) is 21.9. The molecule has 0 saturated heterocycles. The predicted molar refractivity (Wildman–Crippen MR) is 144 cm³/mol. The number of carbonyl (C=O) groups excluding carboxylic acids is 1. The number of esters is 1. The van der Waals surface area contributed by atoms with Crippen LogP contribution in [0.25, 0.3) is 11.8 Å². The highest BCUT2D eigenvalue weighted by atomic mass is 16.5. The highest BCUT2D eigenvalue weighted by Gasteiger charge is 2.09. The van der Waals surface area contributed by atoms with E-state index in [9.17, 15) is 4.79 Å². The van der Waals surface area contributed by atoms with Gasteiger partial charge in [0.25, 0.3) is 0 Å². The second-order valence-corrected chi connectivity index (χ2v) is 8.47. The minimum Gasteiger partial charge on any atom is -0.493 e. The van der Waals surface area contributed by atoms with Crippen LogP contribution in [0.5, 0.6) is 23.0 Å². The summed E-state index contributed by atoms with van der Waals surface area (Å²) in [6.45, 7) is 6.31. The molecule has 2 aromatic rings. The van der Waals surface area contributed by atoms with Gasteiger partial charge in [-0.25, -0.2) is 4.79 Å². The summed E-state index contributed by atoms with van der Waals surface area (Å²) in [5.74, 6) is 2.33. The highest BCUT2D eigenvalue weighted by Crippen LogP contribution is 2.32. The maximum Gasteiger partial charge on any atom is 0.333 e. The lowest BCUT2D eigenvalue weighted by atomic mass is 10.1. The number of nitrogens with two attached hydrogens (primary N) is 1. The fourth-order valence-electron chi connectivity index (χ4n) is 3.55. The van der Waals surface area contributed by atoms with Gasteiger partial charge in [0.05, 0.1) is 34.5 Å². The van der Waals surface area contributed by atoms with Gasteiger partial charge in [-0.1, -0.05) is 38.3 Å². The molecule has 7 heteroatoms. The van der Waals surface area contributed by atoms with Crippen LogP contribution >= 0.6 is 0 Å². The van der Waals surface area contributed by atoms with Crippen LogP contribution in [0.4, 0.5) is 0 Å². The molecular formula is C29H39NO6. The van der Waals surface area contributed by atoms with Crippen molar-refractivity contribution in [1.82, 2.24) is 0 Å². The van der Waals surface area contributed by atoms with E-state index in [0.717, 1.165) is 49.7 Å². The Morgan fingerprint density at radius 2 is 1.39 bits per heavy atom. The molecule has 0 unspecified atom stereocenters. The smallest absolute Gasteiger partial charge is 0.333 e. The lowest BCUT2D eigenvalue weighted by Gasteiger charge is -2.12. The Hall–Kier alpha value is -3.61. The van der Waals surface area contributed by atoms with Gasteiger partial charge >= 0.3 is 5.97 Å². The number of hydrogen-bond donors (Lipinski definition) is 1. The molecule has 0 radical (unpaired) electrons. The monoisotopic (exact) mass is 497 g/mol. The van der Waals surface area contributed by atoms with Crippen molar-refractivity contribution in [3.05, 3.63) is 59.7 Å². The average Bonchev–Trinajstić information content (AvgIpc) is 2.89. The molecule has 0 amide bonds. The van der Waals surface area contributed by atoms with Gasteiger partial charge in [-0.05, 0) is 61.7 Å². The van der Waals surface area contributed by atoms with Crippen LogP contribution in [0, 0.1) is 0 Å². The van der Waals surface area contributed by atoms with E-state index < -0.39 is 0 Å². The average molecular weight is 498 g/mol. The van der Waals surface area contributed by atoms with E-state index >= 15 is 0 Å². The van der Waals surface area contributed by atoms with Crippen LogP contribution in [-0.4, -0.2) is 40.5 Å². The summed E-state index contributed by atoms with van der Waals surface area (Å²) in [5.41, 5.74) is 9.10. The number of benzene rings is 2. The van der Waals surface area contributed by atoms with Crippen LogP contribution in [0.1, 0.15) is 56.6 Å². The Labute approximate surface area is 214 Å². The van der Waals surface area contributed by atoms with Crippen molar-refractivity contribution in [3.63, 3.8) is 0 Å². The molecule has 2 aromatic carbocycles. The van der Waals surface area contributed by atoms with Gasteiger partial charge in [0.2, 0.25) is 0 Å². The SMILES string of the molecule is C=C(C)C(=O)OCCCCCCCCOc1ccc(/C=C(\N)c2ccc(OC)c(OC)c2)cc1OC. The molecule has 0 aliphatic carbocycles. The number of hydrogen-bond acceptors (Lipinski definition) is 7. The molecule has 0 aromatic heterocycles. The van der Waals surface area contributed by atoms with E-state index in [4.69, 9.17) is 29.4 Å². The molecule has 0 fully saturated rings. The van der Waals surface area contributed by atoms with Crippen LogP contribution in [0.15, 0.2) is 48.6 Å². The molecule has 196 valence electrons. The van der Waals surface area contributed by atoms with Gasteiger partial charge in [0.15, 0.2) is 23.0 Å². The maximum atomic E-state index is 11.3. The quantitative estimate of drug-likeness (QED) is 0.131. The summed E-state index contributed by atoms with van der Waals surface area (Å²) < 4.78 is 27.2. The number of carbonyl (C=O) groups is 1. The lowest BCUT2D eigenvalue weighted by Crippen LogP contribution is -2.06. The summed E-state index contributed by atoms with van der Waals surface area (Å²) in [5, 5.41) is 0. The first kappa shape index (κ1) is 28.6. The summed E-state index contributed by atoms with van der Waals surface area (Å²) in [6.07, 6.45) is 8.07. The largest absolute Gasteiger partial charge is 0.493 e. The van der Waals surface area contributed by atoms with Crippen molar-refractivity contribution in [3.8, 4) is 23.0 Å². The maximum absolute atomic E-state index is 11.3. The first-order chi connectivity index (χ1) is 17.4. The first-order valence-electron chi connectivity index (χ1n) is 12.2. The Morgan fingerprint density at radius 3 is 2.03 bits per heavy atom. The fourth-order valence-corrected chi connectivity index (χ4v) is 3.55. The van der Waals surface area contributed by atoms with Crippen molar-refractivity contribution in [2.75, 3.05) is 34.5 Å². The van der Waals surface area contributed by atoms with Crippen molar-refractivity contribution >= 4 is 17.7 Å². The van der Waals surface area contributed by atoms with Gasteiger partial charge in [-0.2, -0.15) is 0 Å². The van der Waals surface area contributed by atoms with Crippen LogP contribution in [0.3, 0.4) is 0 Å². The van der Waals surface area contributed by atoms with Gasteiger partial charge in [-0.3, -0.25) is 0 Å². The van der Waals surface area contributed by atoms with Crippen molar-refractivity contribution < 1.29 is 28.5 Å². The molecule has 0 heterocycles. The second kappa shape index (κ2) is 15.4. The van der Waals surface area contributed by atoms with Crippen molar-refractivity contribution in [2.24, 2.45) is 5.73 Å². The fraction of sp³-hybridized carbons (Fsp3) is 0.414. The Kier molecular flexibility index (Phi) is 12.2. The topological polar surface area (TPSA) is 89.2 Å².